The van der Waals surface area contributed by atoms with E-state index < -0.39 is 17.9 Å². The molecule has 0 bridgehead atoms. The van der Waals surface area contributed by atoms with Crippen LogP contribution in [0.4, 0.5) is 8.78 Å². The molecule has 2 aliphatic rings. The molecule has 31 heavy (non-hydrogen) atoms. The second-order valence-corrected chi connectivity index (χ2v) is 8.45. The number of hydrogen-bond acceptors (Lipinski definition) is 5. The molecule has 0 saturated carbocycles. The van der Waals surface area contributed by atoms with Gasteiger partial charge in [0.15, 0.2) is 0 Å². The third-order valence-corrected chi connectivity index (χ3v) is 6.09. The molecule has 0 spiro atoms. The molecule has 0 amide bonds. The van der Waals surface area contributed by atoms with E-state index in [4.69, 9.17) is 0 Å². The Morgan fingerprint density at radius 1 is 1.45 bits per heavy atom. The van der Waals surface area contributed by atoms with Crippen LogP contribution in [0.15, 0.2) is 34.0 Å². The molecule has 3 unspecified atom stereocenters. The first-order valence-electron chi connectivity index (χ1n) is 11.5. The van der Waals surface area contributed by atoms with Crippen LogP contribution in [0.5, 0.6) is 0 Å². The predicted octanol–water partition coefficient (Wildman–Crippen LogP) is 3.12. The van der Waals surface area contributed by atoms with Gasteiger partial charge in [0.1, 0.15) is 18.0 Å². The van der Waals surface area contributed by atoms with E-state index in [9.17, 15) is 13.9 Å². The van der Waals surface area contributed by atoms with Crippen LogP contribution in [0.25, 0.3) is 0 Å². The van der Waals surface area contributed by atoms with Gasteiger partial charge in [-0.05, 0) is 51.5 Å². The van der Waals surface area contributed by atoms with Gasteiger partial charge in [-0.3, -0.25) is 25.0 Å². The van der Waals surface area contributed by atoms with Crippen molar-refractivity contribution in [3.63, 3.8) is 0 Å². The Hall–Kier alpha value is -1.64. The summed E-state index contributed by atoms with van der Waals surface area (Å²) >= 11 is 0. The summed E-state index contributed by atoms with van der Waals surface area (Å²) in [6.07, 6.45) is 9.18. The number of aliphatic imine (C=N–C) groups is 2. The second kappa shape index (κ2) is 13.0. The van der Waals surface area contributed by atoms with Crippen LogP contribution in [0.1, 0.15) is 46.5 Å². The zero-order chi connectivity index (χ0) is 22.7. The SMILES string of the molecule is C/C=C(/F)C(=NCC)C(C)(CCF)CNC1NCC([C@@H]2C=CCCC2)C(=NCCO)N1. The van der Waals surface area contributed by atoms with Crippen molar-refractivity contribution in [3.8, 4) is 0 Å². The number of nitrogens with one attached hydrogen (secondary N) is 3. The molecule has 4 N–H and O–H groups in total. The summed E-state index contributed by atoms with van der Waals surface area (Å²) in [5.74, 6) is 1.10. The number of aliphatic hydroxyl groups excluding tert-OH is 1. The Labute approximate surface area is 185 Å². The van der Waals surface area contributed by atoms with Crippen molar-refractivity contribution in [1.29, 1.82) is 0 Å². The molecule has 8 heteroatoms. The van der Waals surface area contributed by atoms with Crippen LogP contribution in [0.2, 0.25) is 0 Å². The van der Waals surface area contributed by atoms with E-state index in [0.29, 0.717) is 31.3 Å². The number of aliphatic hydroxyl groups is 1. The van der Waals surface area contributed by atoms with Gasteiger partial charge >= 0.3 is 0 Å². The van der Waals surface area contributed by atoms with Crippen LogP contribution < -0.4 is 16.0 Å². The monoisotopic (exact) mass is 439 g/mol. The van der Waals surface area contributed by atoms with Crippen LogP contribution in [0, 0.1) is 17.3 Å². The molecule has 0 aromatic rings. The summed E-state index contributed by atoms with van der Waals surface area (Å²) in [6.45, 7) is 6.63. The molecule has 2 rings (SSSR count). The second-order valence-electron chi connectivity index (χ2n) is 8.45. The molecular formula is C23H39F2N5O. The van der Waals surface area contributed by atoms with Crippen LogP contribution in [-0.2, 0) is 0 Å². The van der Waals surface area contributed by atoms with Crippen LogP contribution in [0.3, 0.4) is 0 Å². The fourth-order valence-electron chi connectivity index (χ4n) is 4.31. The molecule has 0 radical (unpaired) electrons. The lowest BCUT2D eigenvalue weighted by molar-refractivity contribution is 0.266. The van der Waals surface area contributed by atoms with Gasteiger partial charge in [-0.1, -0.05) is 19.1 Å². The van der Waals surface area contributed by atoms with E-state index >= 15 is 0 Å². The summed E-state index contributed by atoms with van der Waals surface area (Å²) in [7, 11) is 0. The molecule has 6 nitrogen and oxygen atoms in total. The largest absolute Gasteiger partial charge is 0.394 e. The zero-order valence-electron chi connectivity index (χ0n) is 19.1. The average Bonchev–Trinajstić information content (AvgIpc) is 2.80. The first-order valence-corrected chi connectivity index (χ1v) is 11.5. The Bertz CT molecular complexity index is 679. The molecule has 4 atom stereocenters. The molecular weight excluding hydrogens is 400 g/mol. The van der Waals surface area contributed by atoms with Crippen molar-refractivity contribution in [2.45, 2.75) is 52.7 Å². The fourth-order valence-corrected chi connectivity index (χ4v) is 4.31. The third-order valence-electron chi connectivity index (χ3n) is 6.09. The Morgan fingerprint density at radius 3 is 2.87 bits per heavy atom. The lowest BCUT2D eigenvalue weighted by atomic mass is 9.80. The highest BCUT2D eigenvalue weighted by Gasteiger charge is 2.35. The van der Waals surface area contributed by atoms with Gasteiger partial charge in [0.25, 0.3) is 0 Å². The predicted molar refractivity (Wildman–Crippen MR) is 124 cm³/mol. The first kappa shape index (κ1) is 25.6. The minimum Gasteiger partial charge on any atom is -0.394 e. The van der Waals surface area contributed by atoms with E-state index in [1.165, 1.54) is 12.5 Å². The van der Waals surface area contributed by atoms with Crippen LogP contribution in [-0.4, -0.2) is 62.4 Å². The van der Waals surface area contributed by atoms with E-state index in [2.05, 4.69) is 38.1 Å². The zero-order valence-corrected chi connectivity index (χ0v) is 19.1. The fraction of sp³-hybridized carbons (Fsp3) is 0.739. The highest BCUT2D eigenvalue weighted by Crippen LogP contribution is 2.29. The summed E-state index contributed by atoms with van der Waals surface area (Å²) in [6, 6.07) is 0. The van der Waals surface area contributed by atoms with E-state index in [1.54, 1.807) is 6.92 Å². The van der Waals surface area contributed by atoms with Gasteiger partial charge in [0, 0.05) is 31.0 Å². The van der Waals surface area contributed by atoms with Crippen molar-refractivity contribution >= 4 is 11.5 Å². The Kier molecular flexibility index (Phi) is 10.8. The smallest absolute Gasteiger partial charge is 0.140 e. The van der Waals surface area contributed by atoms with Crippen molar-refractivity contribution in [1.82, 2.24) is 16.0 Å². The number of alkyl halides is 1. The quantitative estimate of drug-likeness (QED) is 0.295. The van der Waals surface area contributed by atoms with Gasteiger partial charge in [-0.2, -0.15) is 0 Å². The van der Waals surface area contributed by atoms with Gasteiger partial charge in [0.2, 0.25) is 0 Å². The van der Waals surface area contributed by atoms with Gasteiger partial charge < -0.3 is 10.4 Å². The molecule has 1 aliphatic heterocycles. The molecule has 0 aromatic carbocycles. The normalized spacial score (nSPS) is 28.5. The van der Waals surface area contributed by atoms with E-state index in [1.807, 2.05) is 13.8 Å². The van der Waals surface area contributed by atoms with Gasteiger partial charge in [-0.15, -0.1) is 0 Å². The maximum absolute atomic E-state index is 14.5. The molecule has 1 fully saturated rings. The highest BCUT2D eigenvalue weighted by molar-refractivity contribution is 6.02. The molecule has 1 aliphatic carbocycles. The molecule has 0 aromatic heterocycles. The molecule has 1 saturated heterocycles. The Balaban J connectivity index is 2.11. The first-order chi connectivity index (χ1) is 15.0. The average molecular weight is 440 g/mol. The van der Waals surface area contributed by atoms with Crippen molar-refractivity contribution < 1.29 is 13.9 Å². The lowest BCUT2D eigenvalue weighted by Crippen LogP contribution is -2.64. The van der Waals surface area contributed by atoms with Crippen molar-refractivity contribution in [2.24, 2.45) is 27.2 Å². The van der Waals surface area contributed by atoms with Gasteiger partial charge in [-0.25, -0.2) is 4.39 Å². The summed E-state index contributed by atoms with van der Waals surface area (Å²) in [4.78, 5) is 8.93. The standard InChI is InChI=1S/C23H39F2N5O/c1-4-19(25)20(26-5-2)23(3,11-12-24)16-29-22-28-15-18(17-9-7-6-8-10-17)21(30-22)27-13-14-31/h4,7,9,17-18,22,28-29,31H,5-6,8,10-16H2,1-3H3,(H,27,30)/b19-4+,26-20?/t17-,18?,22?,23?/m1/s1. The van der Waals surface area contributed by atoms with E-state index in [-0.39, 0.29) is 25.2 Å². The van der Waals surface area contributed by atoms with Crippen molar-refractivity contribution in [3.05, 3.63) is 24.1 Å². The summed E-state index contributed by atoms with van der Waals surface area (Å²) in [5.41, 5.74) is -0.478. The third kappa shape index (κ3) is 7.19. The minimum atomic E-state index is -0.782. The van der Waals surface area contributed by atoms with Crippen molar-refractivity contribution in [2.75, 3.05) is 39.5 Å². The summed E-state index contributed by atoms with van der Waals surface area (Å²) in [5, 5.41) is 19.5. The molecule has 176 valence electrons. The Morgan fingerprint density at radius 2 is 2.26 bits per heavy atom. The minimum absolute atomic E-state index is 0.00201. The number of amidine groups is 1. The maximum atomic E-state index is 14.5. The lowest BCUT2D eigenvalue weighted by Gasteiger charge is -2.39. The van der Waals surface area contributed by atoms with Gasteiger partial charge in [0.05, 0.1) is 25.5 Å². The topological polar surface area (TPSA) is 81.0 Å². The number of nitrogens with zero attached hydrogens (tertiary/aromatic N) is 2. The number of allylic oxidation sites excluding steroid dienone is 4. The summed E-state index contributed by atoms with van der Waals surface area (Å²) < 4.78 is 27.9. The number of halogens is 2. The highest BCUT2D eigenvalue weighted by atomic mass is 19.1. The molecule has 1 heterocycles. The maximum Gasteiger partial charge on any atom is 0.140 e. The van der Waals surface area contributed by atoms with Crippen LogP contribution >= 0.6 is 0 Å². The number of hydrogen-bond donors (Lipinski definition) is 4. The number of rotatable bonds is 11. The van der Waals surface area contributed by atoms with E-state index in [0.717, 1.165) is 25.2 Å².